The van der Waals surface area contributed by atoms with Gasteiger partial charge in [0.25, 0.3) is 0 Å². The Kier molecular flexibility index (Phi) is 3.58. The summed E-state index contributed by atoms with van der Waals surface area (Å²) in [5, 5.41) is 9.06. The lowest BCUT2D eigenvalue weighted by Crippen LogP contribution is -2.33. The molecule has 0 aliphatic heterocycles. The minimum Gasteiger partial charge on any atom is -0.391 e. The zero-order chi connectivity index (χ0) is 12.6. The van der Waals surface area contributed by atoms with Gasteiger partial charge in [-0.2, -0.15) is 4.31 Å². The molecule has 1 aromatic heterocycles. The monoisotopic (exact) mass is 275 g/mol. The van der Waals surface area contributed by atoms with Crippen LogP contribution in [0, 0.1) is 6.92 Å². The third-order valence-corrected chi connectivity index (χ3v) is 6.25. The molecule has 1 saturated carbocycles. The van der Waals surface area contributed by atoms with Crippen molar-refractivity contribution in [2.75, 3.05) is 6.54 Å². The summed E-state index contributed by atoms with van der Waals surface area (Å²) in [6.45, 7) is 4.06. The SMILES string of the molecule is CCN(C1CC1)S(=O)(=O)c1cc(CO)sc1C. The van der Waals surface area contributed by atoms with E-state index in [0.29, 0.717) is 16.3 Å². The third-order valence-electron chi connectivity index (χ3n) is 2.93. The van der Waals surface area contributed by atoms with E-state index in [9.17, 15) is 8.42 Å². The number of nitrogens with zero attached hydrogens (tertiary/aromatic N) is 1. The summed E-state index contributed by atoms with van der Waals surface area (Å²) in [4.78, 5) is 1.82. The van der Waals surface area contributed by atoms with Crippen molar-refractivity contribution in [3.63, 3.8) is 0 Å². The summed E-state index contributed by atoms with van der Waals surface area (Å²) < 4.78 is 26.5. The number of sulfonamides is 1. The fraction of sp³-hybridized carbons (Fsp3) is 0.636. The molecule has 1 aliphatic carbocycles. The Morgan fingerprint density at radius 3 is 2.59 bits per heavy atom. The Bertz CT molecular complexity index is 503. The van der Waals surface area contributed by atoms with Crippen LogP contribution in [0.15, 0.2) is 11.0 Å². The summed E-state index contributed by atoms with van der Waals surface area (Å²) in [7, 11) is -3.38. The molecule has 2 rings (SSSR count). The number of rotatable bonds is 5. The van der Waals surface area contributed by atoms with Crippen LogP contribution < -0.4 is 0 Å². The van der Waals surface area contributed by atoms with Crippen molar-refractivity contribution in [2.45, 2.75) is 44.2 Å². The quantitative estimate of drug-likeness (QED) is 0.890. The number of aryl methyl sites for hydroxylation is 1. The smallest absolute Gasteiger partial charge is 0.244 e. The molecule has 1 fully saturated rings. The predicted molar refractivity (Wildman–Crippen MR) is 67.6 cm³/mol. The summed E-state index contributed by atoms with van der Waals surface area (Å²) in [5.74, 6) is 0. The maximum Gasteiger partial charge on any atom is 0.244 e. The Balaban J connectivity index is 2.39. The highest BCUT2D eigenvalue weighted by atomic mass is 32.2. The van der Waals surface area contributed by atoms with Crippen LogP contribution in [0.1, 0.15) is 29.5 Å². The van der Waals surface area contributed by atoms with Gasteiger partial charge < -0.3 is 5.11 Å². The molecule has 4 nitrogen and oxygen atoms in total. The first-order chi connectivity index (χ1) is 8.00. The van der Waals surface area contributed by atoms with Crippen molar-refractivity contribution in [1.29, 1.82) is 0 Å². The van der Waals surface area contributed by atoms with E-state index in [2.05, 4.69) is 0 Å². The molecule has 1 aliphatic rings. The lowest BCUT2D eigenvalue weighted by atomic mass is 10.4. The molecule has 0 atom stereocenters. The van der Waals surface area contributed by atoms with E-state index in [4.69, 9.17) is 5.11 Å². The van der Waals surface area contributed by atoms with E-state index in [1.165, 1.54) is 11.3 Å². The topological polar surface area (TPSA) is 57.6 Å². The average molecular weight is 275 g/mol. The van der Waals surface area contributed by atoms with Gasteiger partial charge in [0, 0.05) is 22.3 Å². The first kappa shape index (κ1) is 13.0. The average Bonchev–Trinajstić information content (AvgIpc) is 3.01. The van der Waals surface area contributed by atoms with Crippen LogP contribution in [0.3, 0.4) is 0 Å². The van der Waals surface area contributed by atoms with Crippen LogP contribution in [-0.2, 0) is 16.6 Å². The van der Waals surface area contributed by atoms with Gasteiger partial charge in [-0.25, -0.2) is 8.42 Å². The van der Waals surface area contributed by atoms with Crippen LogP contribution in [0.25, 0.3) is 0 Å². The minimum atomic E-state index is -3.38. The van der Waals surface area contributed by atoms with Gasteiger partial charge in [0.05, 0.1) is 11.5 Å². The zero-order valence-electron chi connectivity index (χ0n) is 10.0. The summed E-state index contributed by atoms with van der Waals surface area (Å²) >= 11 is 1.35. The fourth-order valence-corrected chi connectivity index (χ4v) is 5.13. The van der Waals surface area contributed by atoms with Crippen molar-refractivity contribution in [2.24, 2.45) is 0 Å². The molecule has 0 spiro atoms. The van der Waals surface area contributed by atoms with Crippen molar-refractivity contribution >= 4 is 21.4 Å². The number of aliphatic hydroxyl groups is 1. The third kappa shape index (κ3) is 2.40. The van der Waals surface area contributed by atoms with Crippen molar-refractivity contribution in [3.8, 4) is 0 Å². The molecule has 0 bridgehead atoms. The summed E-state index contributed by atoms with van der Waals surface area (Å²) in [6, 6.07) is 1.78. The molecule has 0 amide bonds. The van der Waals surface area contributed by atoms with E-state index < -0.39 is 10.0 Å². The van der Waals surface area contributed by atoms with Gasteiger partial charge in [0.15, 0.2) is 0 Å². The Morgan fingerprint density at radius 1 is 1.53 bits per heavy atom. The predicted octanol–water partition coefficient (Wildman–Crippen LogP) is 1.72. The molecule has 0 radical (unpaired) electrons. The standard InChI is InChI=1S/C11H17NO3S2/c1-3-12(9-4-5-9)17(14,15)11-6-10(7-13)16-8(11)2/h6,9,13H,3-5,7H2,1-2H3. The lowest BCUT2D eigenvalue weighted by molar-refractivity contribution is 0.285. The van der Waals surface area contributed by atoms with E-state index in [1.54, 1.807) is 17.3 Å². The van der Waals surface area contributed by atoms with Crippen molar-refractivity contribution in [1.82, 2.24) is 4.31 Å². The van der Waals surface area contributed by atoms with Crippen LogP contribution in [0.4, 0.5) is 0 Å². The molecule has 1 N–H and O–H groups in total. The molecule has 17 heavy (non-hydrogen) atoms. The normalized spacial score (nSPS) is 16.7. The molecular weight excluding hydrogens is 258 g/mol. The summed E-state index contributed by atoms with van der Waals surface area (Å²) in [6.07, 6.45) is 1.92. The van der Waals surface area contributed by atoms with Crippen molar-refractivity contribution in [3.05, 3.63) is 15.8 Å². The molecule has 0 unspecified atom stereocenters. The highest BCUT2D eigenvalue weighted by Crippen LogP contribution is 2.35. The molecule has 1 aromatic rings. The van der Waals surface area contributed by atoms with Crippen LogP contribution in [0.2, 0.25) is 0 Å². The molecule has 1 heterocycles. The van der Waals surface area contributed by atoms with Crippen molar-refractivity contribution < 1.29 is 13.5 Å². The van der Waals surface area contributed by atoms with Gasteiger partial charge in [-0.3, -0.25) is 0 Å². The maximum absolute atomic E-state index is 12.4. The molecule has 96 valence electrons. The summed E-state index contributed by atoms with van der Waals surface area (Å²) in [5.41, 5.74) is 0. The number of hydrogen-bond acceptors (Lipinski definition) is 4. The number of aliphatic hydroxyl groups excluding tert-OH is 1. The Morgan fingerprint density at radius 2 is 2.18 bits per heavy atom. The Labute approximate surface area is 106 Å². The highest BCUT2D eigenvalue weighted by Gasteiger charge is 2.37. The zero-order valence-corrected chi connectivity index (χ0v) is 11.6. The second kappa shape index (κ2) is 4.68. The number of hydrogen-bond donors (Lipinski definition) is 1. The van der Waals surface area contributed by atoms with E-state index in [-0.39, 0.29) is 12.6 Å². The minimum absolute atomic E-state index is 0.101. The van der Waals surface area contributed by atoms with E-state index >= 15 is 0 Å². The molecule has 0 aromatic carbocycles. The Hall–Kier alpha value is -0.430. The second-order valence-electron chi connectivity index (χ2n) is 4.23. The van der Waals surface area contributed by atoms with E-state index in [0.717, 1.165) is 17.7 Å². The van der Waals surface area contributed by atoms with Gasteiger partial charge >= 0.3 is 0 Å². The molecular formula is C11H17NO3S2. The van der Waals surface area contributed by atoms with Gasteiger partial charge in [-0.15, -0.1) is 11.3 Å². The van der Waals surface area contributed by atoms with Gasteiger partial charge in [-0.05, 0) is 25.8 Å². The highest BCUT2D eigenvalue weighted by molar-refractivity contribution is 7.89. The van der Waals surface area contributed by atoms with E-state index in [1.807, 2.05) is 6.92 Å². The first-order valence-corrected chi connectivity index (χ1v) is 7.98. The van der Waals surface area contributed by atoms with Crippen LogP contribution >= 0.6 is 11.3 Å². The lowest BCUT2D eigenvalue weighted by Gasteiger charge is -2.19. The van der Waals surface area contributed by atoms with Crippen LogP contribution in [-0.4, -0.2) is 30.4 Å². The largest absolute Gasteiger partial charge is 0.391 e. The second-order valence-corrected chi connectivity index (χ2v) is 7.43. The van der Waals surface area contributed by atoms with Crippen LogP contribution in [0.5, 0.6) is 0 Å². The molecule has 0 saturated heterocycles. The van der Waals surface area contributed by atoms with Gasteiger partial charge in [0.1, 0.15) is 0 Å². The number of thiophene rings is 1. The molecule has 6 heteroatoms. The fourth-order valence-electron chi connectivity index (χ4n) is 1.97. The first-order valence-electron chi connectivity index (χ1n) is 5.72. The van der Waals surface area contributed by atoms with Gasteiger partial charge in [-0.1, -0.05) is 6.92 Å². The van der Waals surface area contributed by atoms with Gasteiger partial charge in [0.2, 0.25) is 10.0 Å². The maximum atomic E-state index is 12.4.